The number of aromatic amines is 1. The summed E-state index contributed by atoms with van der Waals surface area (Å²) >= 11 is 0. The minimum atomic E-state index is -0.221. The van der Waals surface area contributed by atoms with Gasteiger partial charge in [0, 0.05) is 22.2 Å². The zero-order valence-electron chi connectivity index (χ0n) is 14.9. The van der Waals surface area contributed by atoms with Crippen molar-refractivity contribution in [2.45, 2.75) is 13.3 Å². The van der Waals surface area contributed by atoms with E-state index in [-0.39, 0.29) is 18.1 Å². The maximum Gasteiger partial charge on any atom is 0.245 e. The number of amides is 1. The van der Waals surface area contributed by atoms with Gasteiger partial charge < -0.3 is 10.1 Å². The molecule has 3 N–H and O–H groups in total. The number of para-hydroxylation sites is 1. The van der Waals surface area contributed by atoms with E-state index >= 15 is 0 Å². The van der Waals surface area contributed by atoms with E-state index in [0.29, 0.717) is 11.3 Å². The van der Waals surface area contributed by atoms with Crippen LogP contribution in [0.25, 0.3) is 21.7 Å². The van der Waals surface area contributed by atoms with Crippen molar-refractivity contribution in [3.8, 4) is 5.75 Å². The van der Waals surface area contributed by atoms with E-state index in [9.17, 15) is 9.90 Å². The summed E-state index contributed by atoms with van der Waals surface area (Å²) in [5, 5.41) is 17.4. The lowest BCUT2D eigenvalue weighted by Gasteiger charge is -2.08. The molecule has 3 aromatic carbocycles. The van der Waals surface area contributed by atoms with Gasteiger partial charge in [0.15, 0.2) is 0 Å². The van der Waals surface area contributed by atoms with Gasteiger partial charge in [-0.25, -0.2) is 5.43 Å². The molecule has 0 spiro atoms. The largest absolute Gasteiger partial charge is 0.507 e. The molecule has 0 atom stereocenters. The summed E-state index contributed by atoms with van der Waals surface area (Å²) in [6.07, 6.45) is 0.204. The topological polar surface area (TPSA) is 77.5 Å². The number of aromatic nitrogens is 1. The van der Waals surface area contributed by atoms with Gasteiger partial charge in [0.1, 0.15) is 5.75 Å². The first kappa shape index (κ1) is 16.8. The van der Waals surface area contributed by atoms with Crippen LogP contribution < -0.4 is 5.43 Å². The number of hydrogen-bond acceptors (Lipinski definition) is 3. The second-order valence-electron chi connectivity index (χ2n) is 6.47. The molecule has 0 bridgehead atoms. The highest BCUT2D eigenvalue weighted by atomic mass is 16.3. The van der Waals surface area contributed by atoms with Crippen molar-refractivity contribution < 1.29 is 9.90 Å². The zero-order valence-corrected chi connectivity index (χ0v) is 14.9. The van der Waals surface area contributed by atoms with Crippen LogP contribution in [-0.4, -0.2) is 21.7 Å². The van der Waals surface area contributed by atoms with Crippen molar-refractivity contribution in [2.75, 3.05) is 0 Å². The number of carbonyl (C=O) groups excluding carboxylic acids is 1. The zero-order chi connectivity index (χ0) is 18.8. The molecule has 27 heavy (non-hydrogen) atoms. The molecular weight excluding hydrogens is 338 g/mol. The summed E-state index contributed by atoms with van der Waals surface area (Å²) in [5.41, 5.74) is 5.54. The average Bonchev–Trinajstić information content (AvgIpc) is 3.09. The number of benzene rings is 3. The van der Waals surface area contributed by atoms with Gasteiger partial charge in [0.05, 0.1) is 12.1 Å². The second kappa shape index (κ2) is 6.96. The third-order valence-corrected chi connectivity index (χ3v) is 4.58. The molecule has 5 heteroatoms. The monoisotopic (exact) mass is 357 g/mol. The van der Waals surface area contributed by atoms with Crippen molar-refractivity contribution >= 4 is 33.3 Å². The van der Waals surface area contributed by atoms with Gasteiger partial charge in [-0.05, 0) is 35.9 Å². The standard InChI is InChI=1S/C22H19N3O2/c1-14(18-11-10-15-6-2-4-8-19(15)22(18)27)24-25-21(26)13-17-12-16-7-3-5-9-20(16)23-17/h2-12,23,27H,13H2,1H3,(H,25,26)/b24-14+. The second-order valence-corrected chi connectivity index (χ2v) is 6.47. The Labute approximate surface area is 156 Å². The summed E-state index contributed by atoms with van der Waals surface area (Å²) in [6, 6.07) is 21.2. The Balaban J connectivity index is 1.50. The van der Waals surface area contributed by atoms with Gasteiger partial charge in [-0.2, -0.15) is 5.10 Å². The molecule has 4 rings (SSSR count). The Morgan fingerprint density at radius 1 is 1.04 bits per heavy atom. The van der Waals surface area contributed by atoms with E-state index in [1.807, 2.05) is 60.7 Å². The van der Waals surface area contributed by atoms with E-state index in [4.69, 9.17) is 0 Å². The molecule has 4 aromatic rings. The lowest BCUT2D eigenvalue weighted by atomic mass is 10.0. The van der Waals surface area contributed by atoms with Gasteiger partial charge in [0.2, 0.25) is 5.91 Å². The fourth-order valence-corrected chi connectivity index (χ4v) is 3.19. The molecule has 0 aliphatic heterocycles. The highest BCUT2D eigenvalue weighted by Crippen LogP contribution is 2.28. The molecule has 0 radical (unpaired) electrons. The van der Waals surface area contributed by atoms with Crippen LogP contribution >= 0.6 is 0 Å². The molecule has 0 aliphatic rings. The molecular formula is C22H19N3O2. The number of carbonyl (C=O) groups is 1. The first-order valence-electron chi connectivity index (χ1n) is 8.72. The Morgan fingerprint density at radius 2 is 1.78 bits per heavy atom. The molecule has 0 saturated heterocycles. The lowest BCUT2D eigenvalue weighted by Crippen LogP contribution is -2.21. The van der Waals surface area contributed by atoms with Crippen LogP contribution in [-0.2, 0) is 11.2 Å². The Kier molecular flexibility index (Phi) is 4.34. The summed E-state index contributed by atoms with van der Waals surface area (Å²) in [6.45, 7) is 1.76. The molecule has 1 aromatic heterocycles. The van der Waals surface area contributed by atoms with Gasteiger partial charge >= 0.3 is 0 Å². The Hall–Kier alpha value is -3.60. The molecule has 134 valence electrons. The number of nitrogens with one attached hydrogen (secondary N) is 2. The minimum Gasteiger partial charge on any atom is -0.507 e. The van der Waals surface area contributed by atoms with E-state index in [0.717, 1.165) is 27.4 Å². The van der Waals surface area contributed by atoms with Crippen molar-refractivity contribution in [3.05, 3.63) is 78.0 Å². The smallest absolute Gasteiger partial charge is 0.245 e. The predicted molar refractivity (Wildman–Crippen MR) is 108 cm³/mol. The number of phenolic OH excluding ortho intramolecular Hbond substituents is 1. The molecule has 0 aliphatic carbocycles. The highest BCUT2D eigenvalue weighted by Gasteiger charge is 2.10. The summed E-state index contributed by atoms with van der Waals surface area (Å²) in [5.74, 6) is -0.0552. The number of hydrazone groups is 1. The van der Waals surface area contributed by atoms with Crippen LogP contribution in [0.3, 0.4) is 0 Å². The van der Waals surface area contributed by atoms with Crippen LogP contribution in [0.2, 0.25) is 0 Å². The predicted octanol–water partition coefficient (Wildman–Crippen LogP) is 4.11. The fourth-order valence-electron chi connectivity index (χ4n) is 3.19. The van der Waals surface area contributed by atoms with Crippen molar-refractivity contribution in [2.24, 2.45) is 5.10 Å². The number of hydrogen-bond donors (Lipinski definition) is 3. The van der Waals surface area contributed by atoms with Gasteiger partial charge in [0.25, 0.3) is 0 Å². The van der Waals surface area contributed by atoms with Crippen LogP contribution in [0.15, 0.2) is 71.8 Å². The van der Waals surface area contributed by atoms with Crippen molar-refractivity contribution in [1.82, 2.24) is 10.4 Å². The number of phenols is 1. The third kappa shape index (κ3) is 3.40. The van der Waals surface area contributed by atoms with Gasteiger partial charge in [-0.15, -0.1) is 0 Å². The van der Waals surface area contributed by atoms with Gasteiger partial charge in [-0.1, -0.05) is 48.5 Å². The quantitative estimate of drug-likeness (QED) is 0.380. The van der Waals surface area contributed by atoms with E-state index < -0.39 is 0 Å². The molecule has 0 fully saturated rings. The van der Waals surface area contributed by atoms with Crippen LogP contribution in [0.4, 0.5) is 0 Å². The highest BCUT2D eigenvalue weighted by molar-refractivity contribution is 6.06. The van der Waals surface area contributed by atoms with Crippen molar-refractivity contribution in [3.63, 3.8) is 0 Å². The number of nitrogens with zero attached hydrogens (tertiary/aromatic N) is 1. The number of rotatable bonds is 4. The van der Waals surface area contributed by atoms with E-state index in [1.165, 1.54) is 0 Å². The Bertz CT molecular complexity index is 1140. The third-order valence-electron chi connectivity index (χ3n) is 4.58. The molecule has 1 amide bonds. The SMILES string of the molecule is C/C(=N\NC(=O)Cc1cc2ccccc2[nH]1)c1ccc2ccccc2c1O. The number of fused-ring (bicyclic) bond motifs is 2. The normalized spacial score (nSPS) is 11.8. The van der Waals surface area contributed by atoms with Gasteiger partial charge in [-0.3, -0.25) is 4.79 Å². The maximum atomic E-state index is 12.2. The molecule has 0 unspecified atom stereocenters. The fraction of sp³-hybridized carbons (Fsp3) is 0.0909. The molecule has 5 nitrogen and oxygen atoms in total. The van der Waals surface area contributed by atoms with Crippen molar-refractivity contribution in [1.29, 1.82) is 0 Å². The molecule has 1 heterocycles. The van der Waals surface area contributed by atoms with Crippen LogP contribution in [0, 0.1) is 0 Å². The summed E-state index contributed by atoms with van der Waals surface area (Å²) in [7, 11) is 0. The summed E-state index contributed by atoms with van der Waals surface area (Å²) in [4.78, 5) is 15.4. The first-order chi connectivity index (χ1) is 13.1. The minimum absolute atomic E-state index is 0.166. The van der Waals surface area contributed by atoms with Crippen LogP contribution in [0.5, 0.6) is 5.75 Å². The maximum absolute atomic E-state index is 12.2. The lowest BCUT2D eigenvalue weighted by molar-refractivity contribution is -0.120. The average molecular weight is 357 g/mol. The van der Waals surface area contributed by atoms with E-state index in [2.05, 4.69) is 15.5 Å². The Morgan fingerprint density at radius 3 is 2.59 bits per heavy atom. The molecule has 0 saturated carbocycles. The van der Waals surface area contributed by atoms with Crippen LogP contribution in [0.1, 0.15) is 18.2 Å². The number of aromatic hydroxyl groups is 1. The number of H-pyrrole nitrogens is 1. The first-order valence-corrected chi connectivity index (χ1v) is 8.72. The summed E-state index contributed by atoms with van der Waals surface area (Å²) < 4.78 is 0. The van der Waals surface area contributed by atoms with E-state index in [1.54, 1.807) is 13.0 Å².